The van der Waals surface area contributed by atoms with Crippen LogP contribution in [0.25, 0.3) is 0 Å². The van der Waals surface area contributed by atoms with Gasteiger partial charge in [-0.25, -0.2) is 4.79 Å². The fourth-order valence-electron chi connectivity index (χ4n) is 0.680. The van der Waals surface area contributed by atoms with E-state index in [9.17, 15) is 9.59 Å². The van der Waals surface area contributed by atoms with Crippen molar-refractivity contribution in [2.24, 2.45) is 0 Å². The van der Waals surface area contributed by atoms with Gasteiger partial charge in [-0.2, -0.15) is 0 Å². The molecule has 4 nitrogen and oxygen atoms in total. The van der Waals surface area contributed by atoms with Crippen molar-refractivity contribution < 1.29 is 19.1 Å². The van der Waals surface area contributed by atoms with Crippen LogP contribution in [-0.2, 0) is 19.1 Å². The van der Waals surface area contributed by atoms with Crippen LogP contribution in [0.4, 0.5) is 0 Å². The first-order valence-electron chi connectivity index (χ1n) is 4.84. The number of unbranched alkanes of at least 4 members (excludes halogenated alkanes) is 1. The lowest BCUT2D eigenvalue weighted by molar-refractivity contribution is -0.138. The summed E-state index contributed by atoms with van der Waals surface area (Å²) in [5.41, 5.74) is 0. The predicted octanol–water partition coefficient (Wildman–Crippen LogP) is 1.96. The Bertz CT molecular complexity index is 253. The van der Waals surface area contributed by atoms with Crippen molar-refractivity contribution in [3.05, 3.63) is 24.5 Å². The lowest BCUT2D eigenvalue weighted by Crippen LogP contribution is -2.01. The number of carbonyl (C=O) groups excluding carboxylic acids is 2. The van der Waals surface area contributed by atoms with Gasteiger partial charge < -0.3 is 9.47 Å². The van der Waals surface area contributed by atoms with Crippen LogP contribution >= 0.6 is 0 Å². The summed E-state index contributed by atoms with van der Waals surface area (Å²) in [6, 6.07) is 0. The molecular formula is C11H16O4. The molecular weight excluding hydrogens is 196 g/mol. The van der Waals surface area contributed by atoms with E-state index < -0.39 is 11.9 Å². The zero-order chi connectivity index (χ0) is 11.5. The van der Waals surface area contributed by atoms with Crippen molar-refractivity contribution in [2.45, 2.75) is 26.7 Å². The fourth-order valence-corrected chi connectivity index (χ4v) is 0.680. The second-order valence-corrected chi connectivity index (χ2v) is 2.82. The summed E-state index contributed by atoms with van der Waals surface area (Å²) in [5, 5.41) is 0. The van der Waals surface area contributed by atoms with E-state index in [1.165, 1.54) is 31.4 Å². The Morgan fingerprint density at radius 3 is 2.60 bits per heavy atom. The van der Waals surface area contributed by atoms with Crippen LogP contribution in [0.2, 0.25) is 0 Å². The molecule has 0 rings (SSSR count). The maximum atomic E-state index is 11.0. The van der Waals surface area contributed by atoms with Crippen molar-refractivity contribution >= 4 is 11.9 Å². The van der Waals surface area contributed by atoms with Gasteiger partial charge in [-0.3, -0.25) is 4.79 Å². The van der Waals surface area contributed by atoms with Crippen LogP contribution in [0, 0.1) is 0 Å². The van der Waals surface area contributed by atoms with Crippen LogP contribution in [-0.4, -0.2) is 18.5 Å². The highest BCUT2D eigenvalue weighted by Crippen LogP contribution is 1.90. The molecule has 0 aromatic carbocycles. The fraction of sp³-hybridized carbons (Fsp3) is 0.455. The van der Waals surface area contributed by atoms with E-state index >= 15 is 0 Å². The molecule has 0 aromatic rings. The molecule has 0 aliphatic carbocycles. The number of esters is 2. The lowest BCUT2D eigenvalue weighted by Gasteiger charge is -1.97. The average Bonchev–Trinajstić information content (AvgIpc) is 2.17. The normalized spacial score (nSPS) is 10.8. The Balaban J connectivity index is 3.62. The minimum absolute atomic E-state index is 0.393. The van der Waals surface area contributed by atoms with E-state index in [0.29, 0.717) is 6.61 Å². The van der Waals surface area contributed by atoms with Gasteiger partial charge in [0.15, 0.2) is 0 Å². The highest BCUT2D eigenvalue weighted by atomic mass is 16.5. The first kappa shape index (κ1) is 13.4. The van der Waals surface area contributed by atoms with Crippen LogP contribution in [0.5, 0.6) is 0 Å². The number of ether oxygens (including phenoxy) is 2. The SMILES string of the molecule is CCCCOC(=O)C=CC=COC(C)=O. The van der Waals surface area contributed by atoms with Gasteiger partial charge >= 0.3 is 11.9 Å². The van der Waals surface area contributed by atoms with Crippen molar-refractivity contribution in [2.75, 3.05) is 6.61 Å². The van der Waals surface area contributed by atoms with Crippen LogP contribution in [0.15, 0.2) is 24.5 Å². The van der Waals surface area contributed by atoms with Crippen molar-refractivity contribution in [3.8, 4) is 0 Å². The molecule has 0 fully saturated rings. The van der Waals surface area contributed by atoms with Gasteiger partial charge in [-0.15, -0.1) is 0 Å². The number of hydrogen-bond acceptors (Lipinski definition) is 4. The van der Waals surface area contributed by atoms with Gasteiger partial charge in [0.2, 0.25) is 0 Å². The largest absolute Gasteiger partial charge is 0.463 e. The second kappa shape index (κ2) is 8.99. The molecule has 0 unspecified atom stereocenters. The summed E-state index contributed by atoms with van der Waals surface area (Å²) in [6.45, 7) is 3.76. The summed E-state index contributed by atoms with van der Waals surface area (Å²) in [4.78, 5) is 21.3. The van der Waals surface area contributed by atoms with Gasteiger partial charge in [0.1, 0.15) is 0 Å². The Labute approximate surface area is 89.6 Å². The Morgan fingerprint density at radius 1 is 1.27 bits per heavy atom. The molecule has 0 N–H and O–H groups in total. The highest BCUT2D eigenvalue weighted by molar-refractivity contribution is 5.82. The molecule has 0 heterocycles. The number of allylic oxidation sites excluding steroid dienone is 2. The van der Waals surface area contributed by atoms with Crippen LogP contribution < -0.4 is 0 Å². The molecule has 0 saturated carbocycles. The molecule has 0 spiro atoms. The molecule has 0 aliphatic rings. The molecule has 0 bridgehead atoms. The minimum Gasteiger partial charge on any atom is -0.463 e. The summed E-state index contributed by atoms with van der Waals surface area (Å²) in [5.74, 6) is -0.791. The predicted molar refractivity (Wildman–Crippen MR) is 55.9 cm³/mol. The standard InChI is InChI=1S/C11H16O4/c1-3-4-8-15-11(13)7-5-6-9-14-10(2)12/h5-7,9H,3-4,8H2,1-2H3. The van der Waals surface area contributed by atoms with Gasteiger partial charge in [0, 0.05) is 13.0 Å². The smallest absolute Gasteiger partial charge is 0.330 e. The molecule has 0 atom stereocenters. The third-order valence-electron chi connectivity index (χ3n) is 1.40. The average molecular weight is 212 g/mol. The van der Waals surface area contributed by atoms with E-state index in [1.54, 1.807) is 0 Å². The molecule has 0 saturated heterocycles. The molecule has 4 heteroatoms. The molecule has 0 amide bonds. The third-order valence-corrected chi connectivity index (χ3v) is 1.40. The molecule has 15 heavy (non-hydrogen) atoms. The molecule has 0 aromatic heterocycles. The number of rotatable bonds is 6. The molecule has 0 radical (unpaired) electrons. The van der Waals surface area contributed by atoms with Crippen LogP contribution in [0.1, 0.15) is 26.7 Å². The van der Waals surface area contributed by atoms with Crippen molar-refractivity contribution in [3.63, 3.8) is 0 Å². The first-order chi connectivity index (χ1) is 7.16. The van der Waals surface area contributed by atoms with Gasteiger partial charge in [-0.1, -0.05) is 19.4 Å². The van der Waals surface area contributed by atoms with E-state index in [1.807, 2.05) is 6.92 Å². The van der Waals surface area contributed by atoms with E-state index in [4.69, 9.17) is 4.74 Å². The molecule has 0 aliphatic heterocycles. The maximum absolute atomic E-state index is 11.0. The Kier molecular flexibility index (Phi) is 8.05. The summed E-state index contributed by atoms with van der Waals surface area (Å²) < 4.78 is 9.34. The monoisotopic (exact) mass is 212 g/mol. The molecule has 84 valence electrons. The van der Waals surface area contributed by atoms with E-state index in [0.717, 1.165) is 12.8 Å². The quantitative estimate of drug-likeness (QED) is 0.222. The highest BCUT2D eigenvalue weighted by Gasteiger charge is 1.93. The van der Waals surface area contributed by atoms with Gasteiger partial charge in [0.05, 0.1) is 12.9 Å². The number of carbonyl (C=O) groups is 2. The van der Waals surface area contributed by atoms with E-state index in [-0.39, 0.29) is 0 Å². The van der Waals surface area contributed by atoms with Gasteiger partial charge in [-0.05, 0) is 12.5 Å². The summed E-state index contributed by atoms with van der Waals surface area (Å²) >= 11 is 0. The topological polar surface area (TPSA) is 52.6 Å². The third kappa shape index (κ3) is 10.3. The van der Waals surface area contributed by atoms with Gasteiger partial charge in [0.25, 0.3) is 0 Å². The minimum atomic E-state index is -0.398. The van der Waals surface area contributed by atoms with E-state index in [2.05, 4.69) is 4.74 Å². The Hall–Kier alpha value is -1.58. The zero-order valence-electron chi connectivity index (χ0n) is 9.06. The number of hydrogen-bond donors (Lipinski definition) is 0. The first-order valence-corrected chi connectivity index (χ1v) is 4.84. The maximum Gasteiger partial charge on any atom is 0.330 e. The van der Waals surface area contributed by atoms with Crippen molar-refractivity contribution in [1.29, 1.82) is 0 Å². The lowest BCUT2D eigenvalue weighted by atomic mass is 10.4. The van der Waals surface area contributed by atoms with Crippen LogP contribution in [0.3, 0.4) is 0 Å². The summed E-state index contributed by atoms with van der Waals surface area (Å²) in [6.07, 6.45) is 7.24. The van der Waals surface area contributed by atoms with Crippen molar-refractivity contribution in [1.82, 2.24) is 0 Å². The Morgan fingerprint density at radius 2 is 2.00 bits per heavy atom. The summed E-state index contributed by atoms with van der Waals surface area (Å²) in [7, 11) is 0. The second-order valence-electron chi connectivity index (χ2n) is 2.82. The zero-order valence-corrected chi connectivity index (χ0v) is 9.06.